The summed E-state index contributed by atoms with van der Waals surface area (Å²) in [4.78, 5) is 12.8. The first-order valence-electron chi connectivity index (χ1n) is 8.05. The molecule has 1 aromatic heterocycles. The van der Waals surface area contributed by atoms with Crippen LogP contribution in [0.3, 0.4) is 0 Å². The van der Waals surface area contributed by atoms with Crippen LogP contribution < -0.4 is 5.32 Å². The molecule has 0 fully saturated rings. The molecule has 0 unspecified atom stereocenters. The van der Waals surface area contributed by atoms with E-state index in [-0.39, 0.29) is 5.91 Å². The van der Waals surface area contributed by atoms with E-state index in [1.165, 1.54) is 0 Å². The van der Waals surface area contributed by atoms with Gasteiger partial charge in [-0.25, -0.2) is 4.68 Å². The second kappa shape index (κ2) is 6.99. The minimum absolute atomic E-state index is 0.260. The number of fused-ring (bicyclic) bond motifs is 1. The Hall–Kier alpha value is -1.95. The lowest BCUT2D eigenvalue weighted by Gasteiger charge is -2.13. The van der Waals surface area contributed by atoms with Crippen LogP contribution in [-0.4, -0.2) is 15.7 Å². The summed E-state index contributed by atoms with van der Waals surface area (Å²) in [6.45, 7) is 2.03. The van der Waals surface area contributed by atoms with Crippen LogP contribution in [0.2, 0.25) is 10.0 Å². The molecule has 0 atom stereocenters. The Balaban J connectivity index is 1.76. The maximum atomic E-state index is 12.8. The van der Waals surface area contributed by atoms with Crippen LogP contribution in [0.4, 0.5) is 5.82 Å². The van der Waals surface area contributed by atoms with E-state index in [9.17, 15) is 4.79 Å². The number of benzene rings is 2. The van der Waals surface area contributed by atoms with Crippen LogP contribution in [0.25, 0.3) is 5.69 Å². The number of thioether (sulfide) groups is 1. The molecule has 26 heavy (non-hydrogen) atoms. The molecule has 0 saturated carbocycles. The Labute approximate surface area is 165 Å². The number of aryl methyl sites for hydroxylation is 1. The number of aromatic nitrogens is 2. The zero-order valence-corrected chi connectivity index (χ0v) is 16.3. The lowest BCUT2D eigenvalue weighted by molar-refractivity contribution is 0.102. The van der Waals surface area contributed by atoms with Crippen molar-refractivity contribution in [1.82, 2.24) is 9.78 Å². The molecule has 2 aromatic carbocycles. The van der Waals surface area contributed by atoms with Gasteiger partial charge in [0.1, 0.15) is 5.82 Å². The van der Waals surface area contributed by atoms with E-state index in [0.29, 0.717) is 21.4 Å². The molecular formula is C19H15Cl2N3OS. The van der Waals surface area contributed by atoms with Crippen molar-refractivity contribution in [2.24, 2.45) is 0 Å². The van der Waals surface area contributed by atoms with Crippen molar-refractivity contribution in [2.45, 2.75) is 18.4 Å². The zero-order chi connectivity index (χ0) is 18.3. The Morgan fingerprint density at radius 3 is 2.62 bits per heavy atom. The fraction of sp³-hybridized carbons (Fsp3) is 0.158. The number of carbonyl (C=O) groups is 1. The molecular weight excluding hydrogens is 389 g/mol. The number of carbonyl (C=O) groups excluding carboxylic acids is 1. The number of rotatable bonds is 3. The summed E-state index contributed by atoms with van der Waals surface area (Å²) in [5.41, 5.74) is 4.53. The fourth-order valence-electron chi connectivity index (χ4n) is 2.98. The van der Waals surface area contributed by atoms with Crippen LogP contribution in [0.15, 0.2) is 42.5 Å². The molecule has 1 N–H and O–H groups in total. The van der Waals surface area contributed by atoms with Crippen molar-refractivity contribution < 1.29 is 4.79 Å². The van der Waals surface area contributed by atoms with E-state index in [0.717, 1.165) is 34.0 Å². The second-order valence-electron chi connectivity index (χ2n) is 6.08. The Morgan fingerprint density at radius 2 is 1.88 bits per heavy atom. The standard InChI is InChI=1S/C19H15Cl2N3OS/c1-11-4-2-3-5-17(11)24-18(15-9-26-10-16(15)23-24)22-19(25)12-6-13(20)8-14(21)7-12/h2-8H,9-10H2,1H3,(H,22,25). The highest BCUT2D eigenvalue weighted by Gasteiger charge is 2.25. The van der Waals surface area contributed by atoms with Gasteiger partial charge < -0.3 is 5.32 Å². The maximum absolute atomic E-state index is 12.8. The number of para-hydroxylation sites is 1. The van der Waals surface area contributed by atoms with Crippen molar-refractivity contribution in [3.8, 4) is 5.69 Å². The van der Waals surface area contributed by atoms with Crippen molar-refractivity contribution in [3.63, 3.8) is 0 Å². The average Bonchev–Trinajstić information content (AvgIpc) is 3.17. The van der Waals surface area contributed by atoms with Gasteiger partial charge in [-0.05, 0) is 36.8 Å². The third-order valence-corrected chi connectivity index (χ3v) is 5.66. The molecule has 4 rings (SSSR count). The van der Waals surface area contributed by atoms with Crippen molar-refractivity contribution in [2.75, 3.05) is 5.32 Å². The van der Waals surface area contributed by atoms with Gasteiger partial charge in [0.25, 0.3) is 5.91 Å². The molecule has 3 aromatic rings. The molecule has 1 amide bonds. The molecule has 4 nitrogen and oxygen atoms in total. The number of hydrogen-bond acceptors (Lipinski definition) is 3. The normalized spacial score (nSPS) is 12.9. The average molecular weight is 404 g/mol. The summed E-state index contributed by atoms with van der Waals surface area (Å²) in [5.74, 6) is 2.12. The first-order chi connectivity index (χ1) is 12.5. The minimum Gasteiger partial charge on any atom is -0.306 e. The molecule has 7 heteroatoms. The highest BCUT2D eigenvalue weighted by Crippen LogP contribution is 2.36. The van der Waals surface area contributed by atoms with Crippen LogP contribution in [0, 0.1) is 6.92 Å². The topological polar surface area (TPSA) is 46.9 Å². The van der Waals surface area contributed by atoms with Gasteiger partial charge in [-0.15, -0.1) is 0 Å². The summed E-state index contributed by atoms with van der Waals surface area (Å²) in [5, 5.41) is 8.60. The second-order valence-corrected chi connectivity index (χ2v) is 7.94. The summed E-state index contributed by atoms with van der Waals surface area (Å²) in [7, 11) is 0. The van der Waals surface area contributed by atoms with Crippen molar-refractivity contribution >= 4 is 46.7 Å². The third kappa shape index (κ3) is 3.22. The molecule has 0 spiro atoms. The molecule has 2 heterocycles. The molecule has 132 valence electrons. The minimum atomic E-state index is -0.260. The van der Waals surface area contributed by atoms with Gasteiger partial charge in [0.05, 0.1) is 11.4 Å². The summed E-state index contributed by atoms with van der Waals surface area (Å²) >= 11 is 13.9. The van der Waals surface area contributed by atoms with Crippen LogP contribution in [0.1, 0.15) is 27.2 Å². The van der Waals surface area contributed by atoms with Gasteiger partial charge in [0.2, 0.25) is 0 Å². The van der Waals surface area contributed by atoms with E-state index >= 15 is 0 Å². The van der Waals surface area contributed by atoms with Crippen molar-refractivity contribution in [1.29, 1.82) is 0 Å². The smallest absolute Gasteiger partial charge is 0.256 e. The van der Waals surface area contributed by atoms with E-state index in [2.05, 4.69) is 5.32 Å². The Morgan fingerprint density at radius 1 is 1.15 bits per heavy atom. The summed E-state index contributed by atoms with van der Waals surface area (Å²) < 4.78 is 1.82. The lowest BCUT2D eigenvalue weighted by atomic mass is 10.2. The number of nitrogens with zero attached hydrogens (tertiary/aromatic N) is 2. The summed E-state index contributed by atoms with van der Waals surface area (Å²) in [6.07, 6.45) is 0. The molecule has 1 aliphatic heterocycles. The molecule has 0 radical (unpaired) electrons. The predicted molar refractivity (Wildman–Crippen MR) is 108 cm³/mol. The first kappa shape index (κ1) is 17.5. The largest absolute Gasteiger partial charge is 0.306 e. The SMILES string of the molecule is Cc1ccccc1-n1nc2c(c1NC(=O)c1cc(Cl)cc(Cl)c1)CSC2. The van der Waals surface area contributed by atoms with E-state index in [1.54, 1.807) is 30.0 Å². The quantitative estimate of drug-likeness (QED) is 0.628. The number of halogens is 2. The summed E-state index contributed by atoms with van der Waals surface area (Å²) in [6, 6.07) is 12.8. The number of nitrogens with one attached hydrogen (secondary N) is 1. The van der Waals surface area contributed by atoms with E-state index in [4.69, 9.17) is 28.3 Å². The van der Waals surface area contributed by atoms with Gasteiger partial charge in [-0.2, -0.15) is 16.9 Å². The zero-order valence-electron chi connectivity index (χ0n) is 13.9. The van der Waals surface area contributed by atoms with Gasteiger partial charge in [-0.1, -0.05) is 41.4 Å². The number of anilines is 1. The fourth-order valence-corrected chi connectivity index (χ4v) is 4.54. The molecule has 0 saturated heterocycles. The Bertz CT molecular complexity index is 996. The highest BCUT2D eigenvalue weighted by atomic mass is 35.5. The lowest BCUT2D eigenvalue weighted by Crippen LogP contribution is -2.16. The molecule has 0 bridgehead atoms. The monoisotopic (exact) mass is 403 g/mol. The first-order valence-corrected chi connectivity index (χ1v) is 9.96. The van der Waals surface area contributed by atoms with Gasteiger partial charge in [0.15, 0.2) is 0 Å². The molecule has 1 aliphatic rings. The van der Waals surface area contributed by atoms with Crippen LogP contribution >= 0.6 is 35.0 Å². The number of hydrogen-bond donors (Lipinski definition) is 1. The number of amides is 1. The Kier molecular flexibility index (Phi) is 4.69. The van der Waals surface area contributed by atoms with E-state index in [1.807, 2.05) is 35.9 Å². The van der Waals surface area contributed by atoms with E-state index < -0.39 is 0 Å². The molecule has 0 aliphatic carbocycles. The maximum Gasteiger partial charge on any atom is 0.256 e. The van der Waals surface area contributed by atoms with Gasteiger partial charge in [-0.3, -0.25) is 4.79 Å². The third-order valence-electron chi connectivity index (χ3n) is 4.25. The van der Waals surface area contributed by atoms with Crippen molar-refractivity contribution in [3.05, 3.63) is 74.9 Å². The highest BCUT2D eigenvalue weighted by molar-refractivity contribution is 7.98. The van der Waals surface area contributed by atoms with Gasteiger partial charge in [0, 0.05) is 32.7 Å². The van der Waals surface area contributed by atoms with Crippen LogP contribution in [0.5, 0.6) is 0 Å². The van der Waals surface area contributed by atoms with Crippen LogP contribution in [-0.2, 0) is 11.5 Å². The predicted octanol–water partition coefficient (Wildman–Crippen LogP) is 5.49. The van der Waals surface area contributed by atoms with Gasteiger partial charge >= 0.3 is 0 Å².